The van der Waals surface area contributed by atoms with Crippen molar-refractivity contribution in [3.63, 3.8) is 0 Å². The van der Waals surface area contributed by atoms with Crippen molar-refractivity contribution in [2.24, 2.45) is 11.1 Å². The molecule has 5 heteroatoms. The van der Waals surface area contributed by atoms with Crippen LogP contribution >= 0.6 is 12.4 Å². The number of rotatable bonds is 2. The van der Waals surface area contributed by atoms with Gasteiger partial charge in [-0.05, 0) is 12.8 Å². The first-order valence-electron chi connectivity index (χ1n) is 5.77. The van der Waals surface area contributed by atoms with Crippen LogP contribution in [0.3, 0.4) is 0 Å². The molecule has 0 spiro atoms. The minimum Gasteiger partial charge on any atom is -0.373 e. The van der Waals surface area contributed by atoms with Crippen LogP contribution in [0.1, 0.15) is 26.2 Å². The number of hydrogen-bond donors (Lipinski definition) is 1. The number of halogens is 1. The van der Waals surface area contributed by atoms with Crippen molar-refractivity contribution in [2.75, 3.05) is 26.2 Å². The van der Waals surface area contributed by atoms with E-state index in [0.717, 1.165) is 19.4 Å². The SMILES string of the molecule is CC1(C(=O)N2CCOC(CN)C2)CCC1.Cl. The minimum absolute atomic E-state index is 0. The van der Waals surface area contributed by atoms with Crippen LogP contribution in [-0.2, 0) is 9.53 Å². The number of carbonyl (C=O) groups excluding carboxylic acids is 1. The molecule has 4 nitrogen and oxygen atoms in total. The molecule has 2 fully saturated rings. The standard InChI is InChI=1S/C11H20N2O2.ClH/c1-11(3-2-4-11)10(14)13-5-6-15-9(7-12)8-13;/h9H,2-8,12H2,1H3;1H. The van der Waals surface area contributed by atoms with Crippen LogP contribution in [0.15, 0.2) is 0 Å². The lowest BCUT2D eigenvalue weighted by Gasteiger charge is -2.43. The van der Waals surface area contributed by atoms with Gasteiger partial charge in [0.25, 0.3) is 0 Å². The van der Waals surface area contributed by atoms with Crippen LogP contribution in [0.2, 0.25) is 0 Å². The molecule has 2 rings (SSSR count). The van der Waals surface area contributed by atoms with E-state index in [0.29, 0.717) is 25.6 Å². The lowest BCUT2D eigenvalue weighted by molar-refractivity contribution is -0.153. The number of carbonyl (C=O) groups is 1. The fourth-order valence-corrected chi connectivity index (χ4v) is 2.35. The normalized spacial score (nSPS) is 27.9. The quantitative estimate of drug-likeness (QED) is 0.786. The van der Waals surface area contributed by atoms with Crippen molar-refractivity contribution < 1.29 is 9.53 Å². The summed E-state index contributed by atoms with van der Waals surface area (Å²) in [5, 5.41) is 0. The molecular weight excluding hydrogens is 228 g/mol. The summed E-state index contributed by atoms with van der Waals surface area (Å²) >= 11 is 0. The molecule has 0 bridgehead atoms. The molecule has 1 unspecified atom stereocenters. The Labute approximate surface area is 103 Å². The summed E-state index contributed by atoms with van der Waals surface area (Å²) in [6.45, 7) is 4.60. The fourth-order valence-electron chi connectivity index (χ4n) is 2.35. The summed E-state index contributed by atoms with van der Waals surface area (Å²) in [5.41, 5.74) is 5.47. The van der Waals surface area contributed by atoms with E-state index in [-0.39, 0.29) is 23.9 Å². The molecule has 1 amide bonds. The number of nitrogens with two attached hydrogens (primary N) is 1. The van der Waals surface area contributed by atoms with E-state index in [1.54, 1.807) is 0 Å². The largest absolute Gasteiger partial charge is 0.373 e. The molecule has 0 aromatic rings. The smallest absolute Gasteiger partial charge is 0.228 e. The summed E-state index contributed by atoms with van der Waals surface area (Å²) in [7, 11) is 0. The number of hydrogen-bond acceptors (Lipinski definition) is 3. The van der Waals surface area contributed by atoms with Gasteiger partial charge in [-0.3, -0.25) is 4.79 Å². The number of amides is 1. The molecule has 16 heavy (non-hydrogen) atoms. The van der Waals surface area contributed by atoms with Crippen LogP contribution in [0.4, 0.5) is 0 Å². The van der Waals surface area contributed by atoms with Crippen LogP contribution in [0, 0.1) is 5.41 Å². The molecule has 0 aromatic carbocycles. The zero-order valence-corrected chi connectivity index (χ0v) is 10.6. The summed E-state index contributed by atoms with van der Waals surface area (Å²) in [6.07, 6.45) is 3.30. The number of nitrogens with zero attached hydrogens (tertiary/aromatic N) is 1. The van der Waals surface area contributed by atoms with Crippen LogP contribution < -0.4 is 5.73 Å². The summed E-state index contributed by atoms with van der Waals surface area (Å²) in [6, 6.07) is 0. The van der Waals surface area contributed by atoms with Gasteiger partial charge in [0, 0.05) is 25.0 Å². The molecule has 0 radical (unpaired) electrons. The van der Waals surface area contributed by atoms with Crippen LogP contribution in [0.5, 0.6) is 0 Å². The maximum Gasteiger partial charge on any atom is 0.228 e. The second-order valence-electron chi connectivity index (χ2n) is 4.89. The van der Waals surface area contributed by atoms with Crippen molar-refractivity contribution in [2.45, 2.75) is 32.3 Å². The highest BCUT2D eigenvalue weighted by Crippen LogP contribution is 2.42. The van der Waals surface area contributed by atoms with Gasteiger partial charge in [0.1, 0.15) is 0 Å². The Hall–Kier alpha value is -0.320. The summed E-state index contributed by atoms with van der Waals surface area (Å²) in [4.78, 5) is 14.1. The average molecular weight is 249 g/mol. The molecule has 94 valence electrons. The van der Waals surface area contributed by atoms with Gasteiger partial charge in [-0.1, -0.05) is 13.3 Å². The Morgan fingerprint density at radius 1 is 1.56 bits per heavy atom. The van der Waals surface area contributed by atoms with Gasteiger partial charge in [0.2, 0.25) is 5.91 Å². The topological polar surface area (TPSA) is 55.6 Å². The zero-order chi connectivity index (χ0) is 10.9. The highest BCUT2D eigenvalue weighted by Gasteiger charge is 2.42. The van der Waals surface area contributed by atoms with E-state index >= 15 is 0 Å². The van der Waals surface area contributed by atoms with Crippen molar-refractivity contribution in [1.82, 2.24) is 4.90 Å². The molecule has 0 aromatic heterocycles. The third-order valence-electron chi connectivity index (χ3n) is 3.66. The van der Waals surface area contributed by atoms with Crippen molar-refractivity contribution in [3.05, 3.63) is 0 Å². The average Bonchev–Trinajstić information content (AvgIpc) is 2.25. The third-order valence-corrected chi connectivity index (χ3v) is 3.66. The van der Waals surface area contributed by atoms with E-state index in [4.69, 9.17) is 10.5 Å². The van der Waals surface area contributed by atoms with E-state index in [1.165, 1.54) is 6.42 Å². The highest BCUT2D eigenvalue weighted by atomic mass is 35.5. The van der Waals surface area contributed by atoms with Gasteiger partial charge in [0.05, 0.1) is 12.7 Å². The number of ether oxygens (including phenoxy) is 1. The lowest BCUT2D eigenvalue weighted by atomic mass is 9.69. The van der Waals surface area contributed by atoms with Gasteiger partial charge >= 0.3 is 0 Å². The Bertz CT molecular complexity index is 256. The minimum atomic E-state index is -0.0868. The van der Waals surface area contributed by atoms with Crippen molar-refractivity contribution >= 4 is 18.3 Å². The lowest BCUT2D eigenvalue weighted by Crippen LogP contribution is -2.53. The Morgan fingerprint density at radius 3 is 2.75 bits per heavy atom. The predicted molar refractivity (Wildman–Crippen MR) is 64.6 cm³/mol. The van der Waals surface area contributed by atoms with E-state index in [9.17, 15) is 4.79 Å². The molecule has 1 saturated heterocycles. The second kappa shape index (κ2) is 5.34. The predicted octanol–water partition coefficient (Wildman–Crippen LogP) is 0.784. The first-order chi connectivity index (χ1) is 7.15. The summed E-state index contributed by atoms with van der Waals surface area (Å²) in [5.74, 6) is 0.301. The molecule has 2 N–H and O–H groups in total. The molecule has 2 aliphatic rings. The third kappa shape index (κ3) is 2.50. The maximum absolute atomic E-state index is 12.2. The van der Waals surface area contributed by atoms with E-state index < -0.39 is 0 Å². The van der Waals surface area contributed by atoms with Crippen molar-refractivity contribution in [3.8, 4) is 0 Å². The first kappa shape index (κ1) is 13.7. The molecule has 1 aliphatic heterocycles. The summed E-state index contributed by atoms with van der Waals surface area (Å²) < 4.78 is 5.45. The molecule has 1 saturated carbocycles. The monoisotopic (exact) mass is 248 g/mol. The Kier molecular flexibility index (Phi) is 4.59. The number of morpholine rings is 1. The van der Waals surface area contributed by atoms with Gasteiger partial charge in [0.15, 0.2) is 0 Å². The molecule has 1 atom stereocenters. The van der Waals surface area contributed by atoms with Gasteiger partial charge in [-0.15, -0.1) is 12.4 Å². The Morgan fingerprint density at radius 2 is 2.25 bits per heavy atom. The van der Waals surface area contributed by atoms with Crippen molar-refractivity contribution in [1.29, 1.82) is 0 Å². The molecule has 1 aliphatic carbocycles. The Balaban J connectivity index is 0.00000128. The van der Waals surface area contributed by atoms with E-state index in [2.05, 4.69) is 6.92 Å². The highest BCUT2D eigenvalue weighted by molar-refractivity contribution is 5.85. The van der Waals surface area contributed by atoms with Gasteiger partial charge < -0.3 is 15.4 Å². The maximum atomic E-state index is 12.2. The zero-order valence-electron chi connectivity index (χ0n) is 9.78. The first-order valence-corrected chi connectivity index (χ1v) is 5.77. The van der Waals surface area contributed by atoms with E-state index in [1.807, 2.05) is 4.90 Å². The van der Waals surface area contributed by atoms with Gasteiger partial charge in [-0.25, -0.2) is 0 Å². The van der Waals surface area contributed by atoms with Gasteiger partial charge in [-0.2, -0.15) is 0 Å². The van der Waals surface area contributed by atoms with Crippen LogP contribution in [0.25, 0.3) is 0 Å². The van der Waals surface area contributed by atoms with Crippen LogP contribution in [-0.4, -0.2) is 43.2 Å². The molecule has 1 heterocycles. The molecular formula is C11H21ClN2O2. The second-order valence-corrected chi connectivity index (χ2v) is 4.89. The fraction of sp³-hybridized carbons (Fsp3) is 0.909.